The second-order valence-electron chi connectivity index (χ2n) is 2.79. The summed E-state index contributed by atoms with van der Waals surface area (Å²) < 4.78 is 0. The van der Waals surface area contributed by atoms with Crippen molar-refractivity contribution in [1.29, 1.82) is 5.26 Å². The average Bonchev–Trinajstić information content (AvgIpc) is 2.20. The van der Waals surface area contributed by atoms with Gasteiger partial charge in [0.15, 0.2) is 0 Å². The van der Waals surface area contributed by atoms with Crippen molar-refractivity contribution in [2.75, 3.05) is 18.1 Å². The summed E-state index contributed by atoms with van der Waals surface area (Å²) in [5.74, 6) is 0.815. The van der Waals surface area contributed by atoms with Gasteiger partial charge in [-0.3, -0.25) is 0 Å². The lowest BCUT2D eigenvalue weighted by Crippen LogP contribution is -1.90. The quantitative estimate of drug-likeness (QED) is 0.448. The first-order valence-electron chi connectivity index (χ1n) is 4.31. The number of aliphatic hydroxyl groups is 1. The molecule has 0 fully saturated rings. The molecule has 0 aliphatic heterocycles. The summed E-state index contributed by atoms with van der Waals surface area (Å²) in [6, 6.07) is 7.39. The highest BCUT2D eigenvalue weighted by molar-refractivity contribution is 7.99. The lowest BCUT2D eigenvalue weighted by atomic mass is 10.2. The van der Waals surface area contributed by atoms with Crippen molar-refractivity contribution < 1.29 is 5.11 Å². The van der Waals surface area contributed by atoms with Crippen LogP contribution in [0.3, 0.4) is 0 Å². The maximum atomic E-state index is 8.83. The third-order valence-electron chi connectivity index (χ3n) is 1.68. The lowest BCUT2D eigenvalue weighted by Gasteiger charge is -2.03. The van der Waals surface area contributed by atoms with Crippen LogP contribution in [0.1, 0.15) is 12.0 Å². The Morgan fingerprint density at radius 2 is 2.29 bits per heavy atom. The molecule has 1 aromatic rings. The fourth-order valence-electron chi connectivity index (χ4n) is 1.01. The molecule has 0 heterocycles. The Morgan fingerprint density at radius 1 is 1.50 bits per heavy atom. The number of rotatable bonds is 4. The molecule has 0 saturated heterocycles. The molecule has 14 heavy (non-hydrogen) atoms. The van der Waals surface area contributed by atoms with Crippen molar-refractivity contribution in [1.82, 2.24) is 0 Å². The maximum Gasteiger partial charge on any atom is 0.100 e. The normalized spacial score (nSPS) is 9.71. The van der Waals surface area contributed by atoms with Crippen LogP contribution >= 0.6 is 11.8 Å². The molecule has 1 aromatic carbocycles. The van der Waals surface area contributed by atoms with E-state index in [1.807, 2.05) is 6.07 Å². The van der Waals surface area contributed by atoms with Gasteiger partial charge >= 0.3 is 0 Å². The first kappa shape index (κ1) is 10.9. The van der Waals surface area contributed by atoms with Crippen molar-refractivity contribution in [3.05, 3.63) is 23.8 Å². The number of benzene rings is 1. The van der Waals surface area contributed by atoms with E-state index in [4.69, 9.17) is 16.1 Å². The van der Waals surface area contributed by atoms with Gasteiger partial charge in [-0.1, -0.05) is 0 Å². The molecule has 0 amide bonds. The summed E-state index contributed by atoms with van der Waals surface area (Å²) in [6.07, 6.45) is 0.736. The number of nitrogen functional groups attached to an aromatic ring is 1. The van der Waals surface area contributed by atoms with E-state index in [2.05, 4.69) is 6.07 Å². The number of nitrogens with two attached hydrogens (primary N) is 1. The molecule has 0 aliphatic carbocycles. The van der Waals surface area contributed by atoms with E-state index in [0.717, 1.165) is 17.1 Å². The molecule has 0 spiro atoms. The van der Waals surface area contributed by atoms with E-state index in [-0.39, 0.29) is 6.61 Å². The first-order valence-corrected chi connectivity index (χ1v) is 5.29. The minimum atomic E-state index is 0.184. The zero-order valence-corrected chi connectivity index (χ0v) is 8.55. The fraction of sp³-hybridized carbons (Fsp3) is 0.300. The Balaban J connectivity index is 2.72. The Kier molecular flexibility index (Phi) is 4.30. The topological polar surface area (TPSA) is 70.0 Å². The van der Waals surface area contributed by atoms with Crippen LogP contribution < -0.4 is 5.73 Å². The smallest absolute Gasteiger partial charge is 0.100 e. The first-order chi connectivity index (χ1) is 6.77. The molecule has 3 nitrogen and oxygen atoms in total. The molecular formula is C10H12N2OS. The number of anilines is 1. The average molecular weight is 208 g/mol. The largest absolute Gasteiger partial charge is 0.399 e. The molecule has 0 saturated carbocycles. The molecule has 0 aromatic heterocycles. The van der Waals surface area contributed by atoms with Crippen LogP contribution in [0.2, 0.25) is 0 Å². The van der Waals surface area contributed by atoms with E-state index >= 15 is 0 Å². The minimum absolute atomic E-state index is 0.184. The Morgan fingerprint density at radius 3 is 2.93 bits per heavy atom. The van der Waals surface area contributed by atoms with E-state index in [9.17, 15) is 0 Å². The highest BCUT2D eigenvalue weighted by Crippen LogP contribution is 2.24. The van der Waals surface area contributed by atoms with Crippen LogP contribution in [-0.4, -0.2) is 17.5 Å². The van der Waals surface area contributed by atoms with E-state index in [1.54, 1.807) is 23.9 Å². The highest BCUT2D eigenvalue weighted by atomic mass is 32.2. The molecule has 0 aliphatic rings. The molecule has 1 rings (SSSR count). The zero-order valence-electron chi connectivity index (χ0n) is 7.73. The Hall–Kier alpha value is -1.18. The second kappa shape index (κ2) is 5.53. The van der Waals surface area contributed by atoms with Crippen molar-refractivity contribution in [3.63, 3.8) is 0 Å². The van der Waals surface area contributed by atoms with Crippen LogP contribution in [0, 0.1) is 11.3 Å². The number of thioether (sulfide) groups is 1. The van der Waals surface area contributed by atoms with Gasteiger partial charge < -0.3 is 10.8 Å². The zero-order chi connectivity index (χ0) is 10.4. The van der Waals surface area contributed by atoms with Crippen molar-refractivity contribution >= 4 is 17.4 Å². The third-order valence-corrected chi connectivity index (χ3v) is 2.84. The second-order valence-corrected chi connectivity index (χ2v) is 3.93. The number of nitriles is 1. The Bertz CT molecular complexity index is 346. The van der Waals surface area contributed by atoms with Crippen molar-refractivity contribution in [2.45, 2.75) is 11.3 Å². The molecule has 74 valence electrons. The number of hydrogen-bond donors (Lipinski definition) is 2. The standard InChI is InChI=1S/C10H12N2OS/c11-7-8-6-9(12)2-3-10(8)14-5-1-4-13/h2-3,6,13H,1,4-5,12H2. The summed E-state index contributed by atoms with van der Waals surface area (Å²) >= 11 is 1.57. The SMILES string of the molecule is N#Cc1cc(N)ccc1SCCCO. The summed E-state index contributed by atoms with van der Waals surface area (Å²) in [6.45, 7) is 0.184. The fourth-order valence-corrected chi connectivity index (χ4v) is 1.93. The van der Waals surface area contributed by atoms with Gasteiger partial charge in [-0.2, -0.15) is 5.26 Å². The predicted octanol–water partition coefficient (Wildman–Crippen LogP) is 1.61. The van der Waals surface area contributed by atoms with E-state index in [1.165, 1.54) is 0 Å². The number of aliphatic hydroxyl groups excluding tert-OH is 1. The van der Waals surface area contributed by atoms with Crippen LogP contribution in [-0.2, 0) is 0 Å². The van der Waals surface area contributed by atoms with Crippen LogP contribution in [0.4, 0.5) is 5.69 Å². The summed E-state index contributed by atoms with van der Waals surface area (Å²) in [4.78, 5) is 0.926. The monoisotopic (exact) mass is 208 g/mol. The van der Waals surface area contributed by atoms with Gasteiger partial charge in [-0.15, -0.1) is 11.8 Å². The number of hydrogen-bond acceptors (Lipinski definition) is 4. The predicted molar refractivity (Wildman–Crippen MR) is 58.0 cm³/mol. The van der Waals surface area contributed by atoms with Gasteiger partial charge in [0.05, 0.1) is 5.56 Å². The van der Waals surface area contributed by atoms with E-state index < -0.39 is 0 Å². The summed E-state index contributed by atoms with van der Waals surface area (Å²) in [5.41, 5.74) is 6.77. The molecular weight excluding hydrogens is 196 g/mol. The maximum absolute atomic E-state index is 8.83. The molecule has 0 unspecified atom stereocenters. The van der Waals surface area contributed by atoms with Gasteiger partial charge in [0, 0.05) is 22.9 Å². The van der Waals surface area contributed by atoms with E-state index in [0.29, 0.717) is 11.3 Å². The van der Waals surface area contributed by atoms with Gasteiger partial charge in [-0.05, 0) is 24.6 Å². The Labute approximate surface area is 87.5 Å². The van der Waals surface area contributed by atoms with Crippen molar-refractivity contribution in [3.8, 4) is 6.07 Å². The van der Waals surface area contributed by atoms with Crippen LogP contribution in [0.15, 0.2) is 23.1 Å². The van der Waals surface area contributed by atoms with Crippen molar-refractivity contribution in [2.24, 2.45) is 0 Å². The number of nitrogens with zero attached hydrogens (tertiary/aromatic N) is 1. The molecule has 3 N–H and O–H groups in total. The molecule has 4 heteroatoms. The summed E-state index contributed by atoms with van der Waals surface area (Å²) in [7, 11) is 0. The molecule has 0 bridgehead atoms. The highest BCUT2D eigenvalue weighted by Gasteiger charge is 2.02. The lowest BCUT2D eigenvalue weighted by molar-refractivity contribution is 0.296. The summed E-state index contributed by atoms with van der Waals surface area (Å²) in [5, 5.41) is 17.4. The van der Waals surface area contributed by atoms with Gasteiger partial charge in [0.2, 0.25) is 0 Å². The van der Waals surface area contributed by atoms with Gasteiger partial charge in [-0.25, -0.2) is 0 Å². The molecule has 0 atom stereocenters. The van der Waals surface area contributed by atoms with Crippen LogP contribution in [0.25, 0.3) is 0 Å². The minimum Gasteiger partial charge on any atom is -0.399 e. The van der Waals surface area contributed by atoms with Crippen LogP contribution in [0.5, 0.6) is 0 Å². The third kappa shape index (κ3) is 2.95. The van der Waals surface area contributed by atoms with Gasteiger partial charge in [0.25, 0.3) is 0 Å². The molecule has 0 radical (unpaired) electrons. The van der Waals surface area contributed by atoms with Gasteiger partial charge in [0.1, 0.15) is 6.07 Å².